The van der Waals surface area contributed by atoms with Crippen LogP contribution < -0.4 is 0 Å². The second kappa shape index (κ2) is 3.96. The van der Waals surface area contributed by atoms with Crippen molar-refractivity contribution in [3.05, 3.63) is 0 Å². The highest BCUT2D eigenvalue weighted by Gasteiger charge is 2.74. The average Bonchev–Trinajstić information content (AvgIpc) is 2.01. The third-order valence-electron chi connectivity index (χ3n) is 2.99. The molecule has 1 aliphatic rings. The van der Waals surface area contributed by atoms with Gasteiger partial charge in [-0.3, -0.25) is 4.79 Å². The zero-order chi connectivity index (χ0) is 12.2. The number of carbonyl (C=O) groups excluding carboxylic acids is 1. The molecular weight excluding hydrogens is 325 g/mol. The summed E-state index contributed by atoms with van der Waals surface area (Å²) >= 11 is 34.9. The molecule has 0 aromatic carbocycles. The van der Waals surface area contributed by atoms with Gasteiger partial charge in [-0.15, -0.1) is 23.2 Å². The minimum atomic E-state index is -1.71. The highest BCUT2D eigenvalue weighted by Crippen LogP contribution is 2.67. The van der Waals surface area contributed by atoms with Gasteiger partial charge in [-0.25, -0.2) is 0 Å². The first-order valence-electron chi connectivity index (χ1n) is 4.07. The predicted molar refractivity (Wildman–Crippen MR) is 66.6 cm³/mol. The monoisotopic (exact) mass is 330 g/mol. The van der Waals surface area contributed by atoms with Gasteiger partial charge in [0.2, 0.25) is 5.24 Å². The van der Waals surface area contributed by atoms with Crippen LogP contribution in [-0.2, 0) is 4.79 Å². The summed E-state index contributed by atoms with van der Waals surface area (Å²) < 4.78 is -1.71. The zero-order valence-electron chi connectivity index (χ0n) is 7.83. The molecule has 0 saturated heterocycles. The van der Waals surface area contributed by atoms with E-state index in [4.69, 9.17) is 69.6 Å². The first-order chi connectivity index (χ1) is 6.47. The maximum absolute atomic E-state index is 11.4. The highest BCUT2D eigenvalue weighted by molar-refractivity contribution is 6.73. The molecule has 0 spiro atoms. The van der Waals surface area contributed by atoms with Crippen LogP contribution in [0.1, 0.15) is 13.8 Å². The van der Waals surface area contributed by atoms with Crippen LogP contribution in [0.3, 0.4) is 0 Å². The second-order valence-corrected chi connectivity index (χ2v) is 7.91. The Hall–Kier alpha value is 1.41. The van der Waals surface area contributed by atoms with Crippen molar-refractivity contribution in [1.82, 2.24) is 0 Å². The molecule has 0 bridgehead atoms. The van der Waals surface area contributed by atoms with Crippen LogP contribution in [0.4, 0.5) is 0 Å². The van der Waals surface area contributed by atoms with Crippen molar-refractivity contribution in [1.29, 1.82) is 0 Å². The minimum absolute atomic E-state index is 0.523. The van der Waals surface area contributed by atoms with Crippen molar-refractivity contribution in [2.45, 2.75) is 27.9 Å². The van der Waals surface area contributed by atoms with Crippen LogP contribution in [0, 0.1) is 11.3 Å². The van der Waals surface area contributed by atoms with Crippen molar-refractivity contribution in [3.8, 4) is 0 Å². The van der Waals surface area contributed by atoms with E-state index >= 15 is 0 Å². The van der Waals surface area contributed by atoms with Gasteiger partial charge in [0.05, 0.1) is 5.92 Å². The van der Waals surface area contributed by atoms with E-state index in [0.717, 1.165) is 0 Å². The summed E-state index contributed by atoms with van der Waals surface area (Å²) in [6.07, 6.45) is 0. The lowest BCUT2D eigenvalue weighted by Gasteiger charge is -2.61. The van der Waals surface area contributed by atoms with Crippen molar-refractivity contribution >= 4 is 74.8 Å². The Morgan fingerprint density at radius 2 is 1.67 bits per heavy atom. The topological polar surface area (TPSA) is 17.1 Å². The molecule has 0 radical (unpaired) electrons. The highest BCUT2D eigenvalue weighted by atomic mass is 35.6. The number of hydrogen-bond donors (Lipinski definition) is 0. The summed E-state index contributed by atoms with van der Waals surface area (Å²) in [5, 5.41) is -1.27. The van der Waals surface area contributed by atoms with Gasteiger partial charge in [0.25, 0.3) is 0 Å². The Morgan fingerprint density at radius 3 is 1.87 bits per heavy atom. The van der Waals surface area contributed by atoms with E-state index in [1.165, 1.54) is 0 Å². The molecule has 0 unspecified atom stereocenters. The SMILES string of the molecule is CC1(C)[C@@H](Cl)[C@H](C(Cl)(Cl)Cl)[C@@]1(Cl)C(=O)Cl. The van der Waals surface area contributed by atoms with Gasteiger partial charge in [-0.1, -0.05) is 48.7 Å². The Morgan fingerprint density at radius 1 is 1.27 bits per heavy atom. The van der Waals surface area contributed by atoms with Crippen LogP contribution in [0.5, 0.6) is 0 Å². The van der Waals surface area contributed by atoms with Gasteiger partial charge >= 0.3 is 0 Å². The third kappa shape index (κ3) is 1.88. The standard InChI is InChI=1S/C8H8Cl6O/c1-6(2)4(9)3(8(12,13)14)7(6,11)5(10)15/h3-4H,1-2H3/t3-,4-,7+/m0/s1. The maximum Gasteiger partial charge on any atom is 0.243 e. The molecule has 0 aromatic rings. The molecule has 0 amide bonds. The molecule has 0 aliphatic heterocycles. The maximum atomic E-state index is 11.4. The van der Waals surface area contributed by atoms with Crippen LogP contribution in [0.25, 0.3) is 0 Å². The number of halogens is 6. The number of hydrogen-bond acceptors (Lipinski definition) is 1. The first-order valence-corrected chi connectivity index (χ1v) is 6.39. The lowest BCUT2D eigenvalue weighted by molar-refractivity contribution is -0.125. The Bertz CT molecular complexity index is 296. The predicted octanol–water partition coefficient (Wildman–Crippen LogP) is 4.36. The van der Waals surface area contributed by atoms with Crippen LogP contribution in [-0.4, -0.2) is 19.3 Å². The van der Waals surface area contributed by atoms with Gasteiger partial charge in [-0.05, 0) is 11.6 Å². The normalized spacial score (nSPS) is 39.7. The molecule has 88 valence electrons. The Labute approximate surface area is 118 Å². The van der Waals surface area contributed by atoms with Crippen LogP contribution in [0.2, 0.25) is 0 Å². The van der Waals surface area contributed by atoms with E-state index in [2.05, 4.69) is 0 Å². The Kier molecular flexibility index (Phi) is 3.82. The van der Waals surface area contributed by atoms with Crippen LogP contribution in [0.15, 0.2) is 0 Å². The van der Waals surface area contributed by atoms with Crippen molar-refractivity contribution in [3.63, 3.8) is 0 Å². The summed E-state index contributed by atoms with van der Waals surface area (Å²) in [5.74, 6) is -0.807. The van der Waals surface area contributed by atoms with Crippen molar-refractivity contribution < 1.29 is 4.79 Å². The van der Waals surface area contributed by atoms with E-state index in [9.17, 15) is 4.79 Å². The second-order valence-electron chi connectivity index (χ2n) is 4.13. The van der Waals surface area contributed by atoms with Crippen molar-refractivity contribution in [2.75, 3.05) is 0 Å². The molecule has 7 heteroatoms. The molecule has 1 nitrogen and oxygen atoms in total. The van der Waals surface area contributed by atoms with Gasteiger partial charge in [0.1, 0.15) is 4.87 Å². The summed E-state index contributed by atoms with van der Waals surface area (Å²) in [4.78, 5) is 9.93. The molecule has 0 heterocycles. The Balaban J connectivity index is 3.17. The lowest BCUT2D eigenvalue weighted by Crippen LogP contribution is -2.72. The van der Waals surface area contributed by atoms with E-state index in [0.29, 0.717) is 0 Å². The molecule has 1 fully saturated rings. The lowest BCUT2D eigenvalue weighted by atomic mass is 9.55. The van der Waals surface area contributed by atoms with Gasteiger partial charge in [0, 0.05) is 10.8 Å². The summed E-state index contributed by atoms with van der Waals surface area (Å²) in [7, 11) is 0. The molecule has 3 atom stereocenters. The number of carbonyl (C=O) groups is 1. The third-order valence-corrected chi connectivity index (χ3v) is 5.78. The molecule has 0 N–H and O–H groups in total. The summed E-state index contributed by atoms with van der Waals surface area (Å²) in [6, 6.07) is 0. The van der Waals surface area contributed by atoms with E-state index in [1.807, 2.05) is 0 Å². The van der Waals surface area contributed by atoms with E-state index in [-0.39, 0.29) is 0 Å². The van der Waals surface area contributed by atoms with E-state index in [1.54, 1.807) is 13.8 Å². The molecule has 0 aromatic heterocycles. The fraction of sp³-hybridized carbons (Fsp3) is 0.875. The van der Waals surface area contributed by atoms with Crippen molar-refractivity contribution in [2.24, 2.45) is 11.3 Å². The zero-order valence-corrected chi connectivity index (χ0v) is 12.4. The number of rotatable bonds is 1. The van der Waals surface area contributed by atoms with E-state index < -0.39 is 30.6 Å². The molecule has 1 aliphatic carbocycles. The smallest absolute Gasteiger partial charge is 0.243 e. The van der Waals surface area contributed by atoms with Crippen LogP contribution >= 0.6 is 69.6 Å². The largest absolute Gasteiger partial charge is 0.279 e. The average molecular weight is 333 g/mol. The minimum Gasteiger partial charge on any atom is -0.279 e. The fourth-order valence-corrected chi connectivity index (χ4v) is 4.56. The van der Waals surface area contributed by atoms with Gasteiger partial charge in [-0.2, -0.15) is 0 Å². The fourth-order valence-electron chi connectivity index (χ4n) is 1.89. The summed E-state index contributed by atoms with van der Waals surface area (Å²) in [5.41, 5.74) is -0.719. The number of alkyl halides is 5. The molecule has 15 heavy (non-hydrogen) atoms. The van der Waals surface area contributed by atoms with Gasteiger partial charge in [0.15, 0.2) is 3.79 Å². The molecule has 1 saturated carbocycles. The molecule has 1 rings (SSSR count). The van der Waals surface area contributed by atoms with Gasteiger partial charge < -0.3 is 0 Å². The summed E-state index contributed by atoms with van der Waals surface area (Å²) in [6.45, 7) is 3.43. The quantitative estimate of drug-likeness (QED) is 0.515. The molecular formula is C8H8Cl6O. The first kappa shape index (κ1) is 14.5.